The molecule has 0 saturated carbocycles. The molecule has 1 aromatic carbocycles. The molecule has 0 saturated heterocycles. The van der Waals surface area contributed by atoms with Gasteiger partial charge in [-0.25, -0.2) is 12.8 Å². The summed E-state index contributed by atoms with van der Waals surface area (Å²) in [4.78, 5) is 7.86. The van der Waals surface area contributed by atoms with Gasteiger partial charge in [-0.3, -0.25) is 9.97 Å². The maximum absolute atomic E-state index is 14.2. The van der Waals surface area contributed by atoms with Crippen LogP contribution < -0.4 is 0 Å². The largest absolute Gasteiger partial charge is 0.264 e. The highest BCUT2D eigenvalue weighted by atomic mass is 32.2. The molecule has 0 aliphatic carbocycles. The average Bonchev–Trinajstić information content (AvgIpc) is 2.54. The van der Waals surface area contributed by atoms with E-state index in [1.807, 2.05) is 18.2 Å². The van der Waals surface area contributed by atoms with Gasteiger partial charge in [-0.05, 0) is 35.4 Å². The van der Waals surface area contributed by atoms with Crippen molar-refractivity contribution < 1.29 is 12.8 Å². The molecule has 23 heavy (non-hydrogen) atoms. The molecule has 0 radical (unpaired) electrons. The molecule has 0 aliphatic heterocycles. The maximum atomic E-state index is 14.2. The third-order valence-corrected chi connectivity index (χ3v) is 4.57. The van der Waals surface area contributed by atoms with Gasteiger partial charge in [-0.2, -0.15) is 0 Å². The number of sulfone groups is 1. The van der Waals surface area contributed by atoms with Crippen molar-refractivity contribution in [2.24, 2.45) is 0 Å². The van der Waals surface area contributed by atoms with Gasteiger partial charge in [0, 0.05) is 42.2 Å². The summed E-state index contributed by atoms with van der Waals surface area (Å²) >= 11 is 0. The van der Waals surface area contributed by atoms with E-state index in [0.717, 1.165) is 17.4 Å². The summed E-state index contributed by atoms with van der Waals surface area (Å²) in [6.07, 6.45) is 7.63. The highest BCUT2D eigenvalue weighted by molar-refractivity contribution is 7.90. The minimum Gasteiger partial charge on any atom is -0.264 e. The van der Waals surface area contributed by atoms with E-state index in [0.29, 0.717) is 11.1 Å². The minimum atomic E-state index is -3.60. The summed E-state index contributed by atoms with van der Waals surface area (Å²) < 4.78 is 37.2. The van der Waals surface area contributed by atoms with E-state index in [1.165, 1.54) is 12.1 Å². The SMILES string of the molecule is CS(=O)(=O)c1ccc(-c2cnccc2-c2cccnc2)cc1F. The zero-order valence-corrected chi connectivity index (χ0v) is 13.1. The van der Waals surface area contributed by atoms with Gasteiger partial charge in [0.2, 0.25) is 0 Å². The average molecular weight is 328 g/mol. The highest BCUT2D eigenvalue weighted by Crippen LogP contribution is 2.32. The summed E-state index contributed by atoms with van der Waals surface area (Å²) in [5.41, 5.74) is 2.98. The fourth-order valence-electron chi connectivity index (χ4n) is 2.37. The monoisotopic (exact) mass is 328 g/mol. The molecule has 0 aliphatic rings. The normalized spacial score (nSPS) is 11.4. The molecule has 0 atom stereocenters. The minimum absolute atomic E-state index is 0.312. The van der Waals surface area contributed by atoms with Gasteiger partial charge in [-0.1, -0.05) is 12.1 Å². The molecule has 2 aromatic heterocycles. The molecular formula is C17H13FN2O2S. The Labute approximate surface area is 133 Å². The van der Waals surface area contributed by atoms with Crippen molar-refractivity contribution in [3.63, 3.8) is 0 Å². The number of rotatable bonds is 3. The number of pyridine rings is 2. The van der Waals surface area contributed by atoms with Crippen LogP contribution in [0.25, 0.3) is 22.3 Å². The lowest BCUT2D eigenvalue weighted by atomic mass is 9.97. The van der Waals surface area contributed by atoms with Crippen LogP contribution in [0, 0.1) is 5.82 Å². The number of hydrogen-bond acceptors (Lipinski definition) is 4. The van der Waals surface area contributed by atoms with Crippen LogP contribution in [0.2, 0.25) is 0 Å². The van der Waals surface area contributed by atoms with E-state index in [4.69, 9.17) is 0 Å². The summed E-state index contributed by atoms with van der Waals surface area (Å²) in [5, 5.41) is 0. The van der Waals surface area contributed by atoms with Crippen LogP contribution in [0.3, 0.4) is 0 Å². The molecule has 0 amide bonds. The third-order valence-electron chi connectivity index (χ3n) is 3.44. The van der Waals surface area contributed by atoms with Crippen molar-refractivity contribution in [3.05, 3.63) is 67.0 Å². The van der Waals surface area contributed by atoms with Crippen LogP contribution in [0.4, 0.5) is 4.39 Å². The van der Waals surface area contributed by atoms with E-state index in [9.17, 15) is 12.8 Å². The quantitative estimate of drug-likeness (QED) is 0.740. The Morgan fingerprint density at radius 3 is 2.35 bits per heavy atom. The number of halogens is 1. The van der Waals surface area contributed by atoms with Gasteiger partial charge in [0.1, 0.15) is 10.7 Å². The molecule has 0 unspecified atom stereocenters. The molecule has 116 valence electrons. The summed E-state index contributed by atoms with van der Waals surface area (Å²) in [6, 6.07) is 9.60. The molecule has 0 N–H and O–H groups in total. The van der Waals surface area contributed by atoms with Gasteiger partial charge in [0.15, 0.2) is 9.84 Å². The van der Waals surface area contributed by atoms with Crippen molar-refractivity contribution in [3.8, 4) is 22.3 Å². The van der Waals surface area contributed by atoms with E-state index >= 15 is 0 Å². The molecule has 0 fully saturated rings. The predicted molar refractivity (Wildman–Crippen MR) is 86.0 cm³/mol. The van der Waals surface area contributed by atoms with Gasteiger partial charge in [0.05, 0.1) is 0 Å². The topological polar surface area (TPSA) is 59.9 Å². The number of benzene rings is 1. The second-order valence-electron chi connectivity index (χ2n) is 5.08. The van der Waals surface area contributed by atoms with Crippen molar-refractivity contribution >= 4 is 9.84 Å². The Morgan fingerprint density at radius 2 is 1.70 bits per heavy atom. The van der Waals surface area contributed by atoms with Crippen molar-refractivity contribution in [2.45, 2.75) is 4.90 Å². The smallest absolute Gasteiger partial charge is 0.178 e. The molecule has 0 bridgehead atoms. The Kier molecular flexibility index (Phi) is 3.92. The highest BCUT2D eigenvalue weighted by Gasteiger charge is 2.16. The number of aromatic nitrogens is 2. The molecule has 2 heterocycles. The Morgan fingerprint density at radius 1 is 0.913 bits per heavy atom. The standard InChI is InChI=1S/C17H13FN2O2S/c1-23(21,22)17-5-4-12(9-16(17)18)15-11-20-8-6-14(15)13-3-2-7-19-10-13/h2-11H,1H3. The van der Waals surface area contributed by atoms with Crippen LogP contribution in [-0.2, 0) is 9.84 Å². The summed E-state index contributed by atoms with van der Waals surface area (Å²) in [7, 11) is -3.60. The van der Waals surface area contributed by atoms with Gasteiger partial charge >= 0.3 is 0 Å². The molecular weight excluding hydrogens is 315 g/mol. The lowest BCUT2D eigenvalue weighted by molar-refractivity contribution is 0.571. The Hall–Kier alpha value is -2.60. The molecule has 0 spiro atoms. The van der Waals surface area contributed by atoms with E-state index < -0.39 is 15.7 Å². The first-order valence-corrected chi connectivity index (χ1v) is 8.70. The van der Waals surface area contributed by atoms with Gasteiger partial charge in [-0.15, -0.1) is 0 Å². The first kappa shape index (κ1) is 15.3. The maximum Gasteiger partial charge on any atom is 0.178 e. The van der Waals surface area contributed by atoms with Crippen molar-refractivity contribution in [1.82, 2.24) is 9.97 Å². The predicted octanol–water partition coefficient (Wildman–Crippen LogP) is 3.35. The summed E-state index contributed by atoms with van der Waals surface area (Å²) in [6.45, 7) is 0. The Bertz CT molecular complexity index is 957. The lowest BCUT2D eigenvalue weighted by Gasteiger charge is -2.10. The number of nitrogens with zero attached hydrogens (tertiary/aromatic N) is 2. The van der Waals surface area contributed by atoms with Crippen molar-refractivity contribution in [1.29, 1.82) is 0 Å². The van der Waals surface area contributed by atoms with Crippen molar-refractivity contribution in [2.75, 3.05) is 6.26 Å². The molecule has 4 nitrogen and oxygen atoms in total. The molecule has 3 aromatic rings. The summed E-state index contributed by atoms with van der Waals surface area (Å²) in [5.74, 6) is -0.772. The van der Waals surface area contributed by atoms with E-state index in [1.54, 1.807) is 30.9 Å². The zero-order chi connectivity index (χ0) is 16.4. The van der Waals surface area contributed by atoms with Crippen LogP contribution in [-0.4, -0.2) is 24.6 Å². The van der Waals surface area contributed by atoms with Crippen LogP contribution in [0.15, 0.2) is 66.1 Å². The Balaban J connectivity index is 2.16. The fourth-order valence-corrected chi connectivity index (χ4v) is 3.10. The van der Waals surface area contributed by atoms with E-state index in [-0.39, 0.29) is 4.90 Å². The third kappa shape index (κ3) is 3.12. The van der Waals surface area contributed by atoms with Gasteiger partial charge < -0.3 is 0 Å². The second-order valence-corrected chi connectivity index (χ2v) is 7.06. The van der Waals surface area contributed by atoms with Crippen LogP contribution in [0.5, 0.6) is 0 Å². The van der Waals surface area contributed by atoms with Crippen LogP contribution >= 0.6 is 0 Å². The fraction of sp³-hybridized carbons (Fsp3) is 0.0588. The molecule has 6 heteroatoms. The zero-order valence-electron chi connectivity index (χ0n) is 12.3. The van der Waals surface area contributed by atoms with Gasteiger partial charge in [0.25, 0.3) is 0 Å². The van der Waals surface area contributed by atoms with Crippen LogP contribution in [0.1, 0.15) is 0 Å². The molecule has 3 rings (SSSR count). The number of hydrogen-bond donors (Lipinski definition) is 0. The first-order chi connectivity index (χ1) is 11.0. The lowest BCUT2D eigenvalue weighted by Crippen LogP contribution is -2.01. The van der Waals surface area contributed by atoms with E-state index in [2.05, 4.69) is 9.97 Å². The first-order valence-electron chi connectivity index (χ1n) is 6.81. The second kappa shape index (κ2) is 5.89.